The van der Waals surface area contributed by atoms with Gasteiger partial charge in [0, 0.05) is 35.8 Å². The lowest BCUT2D eigenvalue weighted by atomic mass is 9.95. The first-order valence-electron chi connectivity index (χ1n) is 10.7. The Labute approximate surface area is 201 Å². The van der Waals surface area contributed by atoms with Gasteiger partial charge in [-0.05, 0) is 41.8 Å². The third-order valence-corrected chi connectivity index (χ3v) is 5.64. The van der Waals surface area contributed by atoms with Gasteiger partial charge >= 0.3 is 0 Å². The van der Waals surface area contributed by atoms with E-state index >= 15 is 0 Å². The van der Waals surface area contributed by atoms with Crippen LogP contribution in [0, 0.1) is 5.41 Å². The van der Waals surface area contributed by atoms with Crippen LogP contribution in [-0.2, 0) is 16.1 Å². The zero-order valence-corrected chi connectivity index (χ0v) is 20.1. The number of carbonyl (C=O) groups is 3. The van der Waals surface area contributed by atoms with Gasteiger partial charge in [0.15, 0.2) is 0 Å². The highest BCUT2D eigenvalue weighted by Crippen LogP contribution is 2.21. The molecule has 0 bridgehead atoms. The molecule has 3 aromatic rings. The van der Waals surface area contributed by atoms with Gasteiger partial charge in [0.2, 0.25) is 11.8 Å². The number of nitrogens with one attached hydrogen (secondary N) is 3. The highest BCUT2D eigenvalue weighted by atomic mass is 32.1. The molecule has 0 aliphatic carbocycles. The lowest BCUT2D eigenvalue weighted by Crippen LogP contribution is -2.38. The number of hydrogen-bond acceptors (Lipinski definition) is 6. The molecule has 0 unspecified atom stereocenters. The Hall–Kier alpha value is -3.79. The molecule has 0 radical (unpaired) electrons. The number of carbonyl (C=O) groups excluding carboxylic acids is 3. The SMILES string of the molecule is CC(C)(C)C(=O)Nc1ccc(C(=O)NCCNC(=O)Cn2nc(-c3cccs3)ccc2=O)cc1. The van der Waals surface area contributed by atoms with E-state index in [9.17, 15) is 19.2 Å². The summed E-state index contributed by atoms with van der Waals surface area (Å²) in [5.41, 5.74) is 0.776. The molecular formula is C24H27N5O4S. The van der Waals surface area contributed by atoms with Crippen molar-refractivity contribution in [1.82, 2.24) is 20.4 Å². The molecule has 0 aliphatic heterocycles. The van der Waals surface area contributed by atoms with Gasteiger partial charge in [-0.25, -0.2) is 4.68 Å². The van der Waals surface area contributed by atoms with E-state index in [0.717, 1.165) is 9.56 Å². The molecule has 0 fully saturated rings. The van der Waals surface area contributed by atoms with E-state index in [0.29, 0.717) is 16.9 Å². The van der Waals surface area contributed by atoms with Gasteiger partial charge in [0.1, 0.15) is 12.2 Å². The average molecular weight is 482 g/mol. The maximum absolute atomic E-state index is 12.3. The summed E-state index contributed by atoms with van der Waals surface area (Å²) in [4.78, 5) is 49.5. The van der Waals surface area contributed by atoms with E-state index in [1.807, 2.05) is 38.3 Å². The minimum Gasteiger partial charge on any atom is -0.353 e. The third kappa shape index (κ3) is 6.85. The molecule has 3 N–H and O–H groups in total. The van der Waals surface area contributed by atoms with Crippen molar-refractivity contribution in [2.75, 3.05) is 18.4 Å². The summed E-state index contributed by atoms with van der Waals surface area (Å²) in [5.74, 6) is -0.799. The molecular weight excluding hydrogens is 454 g/mol. The molecule has 1 aromatic carbocycles. The molecule has 0 saturated carbocycles. The minimum atomic E-state index is -0.517. The van der Waals surface area contributed by atoms with Crippen molar-refractivity contribution >= 4 is 34.7 Å². The van der Waals surface area contributed by atoms with Crippen LogP contribution in [0.1, 0.15) is 31.1 Å². The van der Waals surface area contributed by atoms with Gasteiger partial charge in [-0.2, -0.15) is 5.10 Å². The van der Waals surface area contributed by atoms with Gasteiger partial charge in [-0.3, -0.25) is 19.2 Å². The Morgan fingerprint density at radius 1 is 0.971 bits per heavy atom. The second kappa shape index (κ2) is 10.9. The Balaban J connectivity index is 1.44. The zero-order valence-electron chi connectivity index (χ0n) is 19.3. The van der Waals surface area contributed by atoms with E-state index in [1.54, 1.807) is 30.3 Å². The van der Waals surface area contributed by atoms with Crippen LogP contribution >= 0.6 is 11.3 Å². The predicted octanol–water partition coefficient (Wildman–Crippen LogP) is 2.50. The van der Waals surface area contributed by atoms with Crippen molar-refractivity contribution in [3.05, 3.63) is 69.8 Å². The van der Waals surface area contributed by atoms with E-state index in [-0.39, 0.29) is 42.9 Å². The molecule has 0 aliphatic rings. The number of thiophene rings is 1. The maximum Gasteiger partial charge on any atom is 0.267 e. The average Bonchev–Trinajstić information content (AvgIpc) is 3.33. The fourth-order valence-electron chi connectivity index (χ4n) is 2.81. The van der Waals surface area contributed by atoms with Crippen molar-refractivity contribution in [1.29, 1.82) is 0 Å². The number of benzene rings is 1. The Morgan fingerprint density at radius 2 is 1.68 bits per heavy atom. The number of anilines is 1. The maximum atomic E-state index is 12.3. The fraction of sp³-hybridized carbons (Fsp3) is 0.292. The lowest BCUT2D eigenvalue weighted by molar-refractivity contribution is -0.123. The summed E-state index contributed by atoms with van der Waals surface area (Å²) in [6, 6.07) is 13.3. The normalized spacial score (nSPS) is 11.0. The van der Waals surface area contributed by atoms with Crippen molar-refractivity contribution in [3.63, 3.8) is 0 Å². The number of amides is 3. The molecule has 178 valence electrons. The zero-order chi connectivity index (χ0) is 24.7. The summed E-state index contributed by atoms with van der Waals surface area (Å²) >= 11 is 1.49. The summed E-state index contributed by atoms with van der Waals surface area (Å²) in [7, 11) is 0. The lowest BCUT2D eigenvalue weighted by Gasteiger charge is -2.17. The summed E-state index contributed by atoms with van der Waals surface area (Å²) in [5, 5.41) is 14.3. The molecule has 0 atom stereocenters. The second-order valence-corrected chi connectivity index (χ2v) is 9.53. The summed E-state index contributed by atoms with van der Waals surface area (Å²) in [6.07, 6.45) is 0. The van der Waals surface area contributed by atoms with Crippen LogP contribution in [0.15, 0.2) is 58.7 Å². The number of hydrogen-bond donors (Lipinski definition) is 3. The monoisotopic (exact) mass is 481 g/mol. The van der Waals surface area contributed by atoms with E-state index in [4.69, 9.17) is 0 Å². The van der Waals surface area contributed by atoms with Crippen LogP contribution in [0.5, 0.6) is 0 Å². The van der Waals surface area contributed by atoms with Crippen LogP contribution in [-0.4, -0.2) is 40.6 Å². The topological polar surface area (TPSA) is 122 Å². The van der Waals surface area contributed by atoms with Crippen molar-refractivity contribution in [2.24, 2.45) is 5.41 Å². The molecule has 2 aromatic heterocycles. The van der Waals surface area contributed by atoms with E-state index in [1.165, 1.54) is 17.4 Å². The van der Waals surface area contributed by atoms with Crippen molar-refractivity contribution < 1.29 is 14.4 Å². The standard InChI is InChI=1S/C24H27N5O4S/c1-24(2,3)23(33)27-17-8-6-16(7-9-17)22(32)26-13-12-25-20(30)15-29-21(31)11-10-18(28-29)19-5-4-14-34-19/h4-11,14H,12-13,15H2,1-3H3,(H,25,30)(H,26,32)(H,27,33). The number of rotatable bonds is 8. The Bertz CT molecular complexity index is 1210. The first-order valence-corrected chi connectivity index (χ1v) is 11.6. The highest BCUT2D eigenvalue weighted by Gasteiger charge is 2.21. The number of nitrogens with zero attached hydrogens (tertiary/aromatic N) is 2. The van der Waals surface area contributed by atoms with Crippen LogP contribution in [0.4, 0.5) is 5.69 Å². The Morgan fingerprint density at radius 3 is 2.32 bits per heavy atom. The predicted molar refractivity (Wildman–Crippen MR) is 132 cm³/mol. The van der Waals surface area contributed by atoms with E-state index in [2.05, 4.69) is 21.0 Å². The van der Waals surface area contributed by atoms with Crippen molar-refractivity contribution in [2.45, 2.75) is 27.3 Å². The smallest absolute Gasteiger partial charge is 0.267 e. The fourth-order valence-corrected chi connectivity index (χ4v) is 3.50. The van der Waals surface area contributed by atoms with E-state index < -0.39 is 5.41 Å². The van der Waals surface area contributed by atoms with Gasteiger partial charge in [-0.1, -0.05) is 26.8 Å². The van der Waals surface area contributed by atoms with Crippen LogP contribution in [0.2, 0.25) is 0 Å². The minimum absolute atomic E-state index is 0.115. The van der Waals surface area contributed by atoms with Crippen LogP contribution < -0.4 is 21.5 Å². The van der Waals surface area contributed by atoms with Gasteiger partial charge < -0.3 is 16.0 Å². The van der Waals surface area contributed by atoms with Gasteiger partial charge in [0.05, 0.1) is 4.88 Å². The quantitative estimate of drug-likeness (QED) is 0.427. The molecule has 34 heavy (non-hydrogen) atoms. The molecule has 0 saturated heterocycles. The molecule has 3 amide bonds. The first kappa shape index (κ1) is 24.8. The molecule has 9 nitrogen and oxygen atoms in total. The Kier molecular flexibility index (Phi) is 7.95. The molecule has 0 spiro atoms. The van der Waals surface area contributed by atoms with Gasteiger partial charge in [0.25, 0.3) is 11.5 Å². The van der Waals surface area contributed by atoms with Crippen molar-refractivity contribution in [3.8, 4) is 10.6 Å². The molecule has 10 heteroatoms. The molecule has 3 rings (SSSR count). The summed E-state index contributed by atoms with van der Waals surface area (Å²) < 4.78 is 1.11. The van der Waals surface area contributed by atoms with Crippen LogP contribution in [0.3, 0.4) is 0 Å². The number of aromatic nitrogens is 2. The van der Waals surface area contributed by atoms with Gasteiger partial charge in [-0.15, -0.1) is 11.3 Å². The second-order valence-electron chi connectivity index (χ2n) is 8.58. The van der Waals surface area contributed by atoms with Crippen LogP contribution in [0.25, 0.3) is 10.6 Å². The summed E-state index contributed by atoms with van der Waals surface area (Å²) in [6.45, 7) is 5.65. The highest BCUT2D eigenvalue weighted by molar-refractivity contribution is 7.13. The first-order chi connectivity index (χ1) is 16.1. The third-order valence-electron chi connectivity index (χ3n) is 4.75. The molecule has 2 heterocycles. The largest absolute Gasteiger partial charge is 0.353 e.